The number of aryl methyl sites for hydroxylation is 1. The molecule has 7 nitrogen and oxygen atoms in total. The summed E-state index contributed by atoms with van der Waals surface area (Å²) in [5.41, 5.74) is 2.49. The Morgan fingerprint density at radius 1 is 1.24 bits per heavy atom. The lowest BCUT2D eigenvalue weighted by Gasteiger charge is -2.26. The third-order valence-electron chi connectivity index (χ3n) is 5.79. The quantitative estimate of drug-likeness (QED) is 0.818. The number of halogens is 1. The number of nitrogens with zero attached hydrogens (tertiary/aromatic N) is 4. The topological polar surface area (TPSA) is 78.4 Å². The number of hydrogen-bond acceptors (Lipinski definition) is 6. The lowest BCUT2D eigenvalue weighted by molar-refractivity contribution is 0.306. The van der Waals surface area contributed by atoms with Crippen LogP contribution in [-0.2, 0) is 23.0 Å². The van der Waals surface area contributed by atoms with Crippen LogP contribution in [0.5, 0.6) is 0 Å². The molecule has 0 aliphatic carbocycles. The Balaban J connectivity index is 1.60. The van der Waals surface area contributed by atoms with E-state index in [1.807, 2.05) is 7.05 Å². The van der Waals surface area contributed by atoms with Crippen molar-refractivity contribution in [1.29, 1.82) is 0 Å². The molecule has 1 aromatic heterocycles. The van der Waals surface area contributed by atoms with Crippen LogP contribution in [0.2, 0.25) is 0 Å². The molecule has 2 aliphatic heterocycles. The van der Waals surface area contributed by atoms with Crippen molar-refractivity contribution in [3.8, 4) is 0 Å². The molecule has 2 aliphatic rings. The maximum Gasteiger partial charge on any atom is 0.243 e. The number of fused-ring (bicyclic) bond motifs is 1. The van der Waals surface area contributed by atoms with E-state index in [4.69, 9.17) is 9.97 Å². The standard InChI is InChI=1S/C20H26FN5O2S/c1-13-10-15(4-5-17(13)21)29(27,28)26-9-6-14(11-26)19-23-18-12-25(3)8-7-16(18)20(22-2)24-19/h4-5,10,14H,6-9,11-12H2,1-3H3,(H,22,23,24)/t14-/m0/s1. The molecule has 156 valence electrons. The first-order valence-electron chi connectivity index (χ1n) is 9.82. The first-order chi connectivity index (χ1) is 13.8. The van der Waals surface area contributed by atoms with E-state index in [1.54, 1.807) is 6.92 Å². The number of nitrogens with one attached hydrogen (secondary N) is 1. The molecule has 3 heterocycles. The zero-order chi connectivity index (χ0) is 20.8. The van der Waals surface area contributed by atoms with Crippen LogP contribution < -0.4 is 5.32 Å². The Hall–Kier alpha value is -2.10. The summed E-state index contributed by atoms with van der Waals surface area (Å²) in [6.45, 7) is 4.04. The van der Waals surface area contributed by atoms with E-state index in [9.17, 15) is 12.8 Å². The molecular formula is C20H26FN5O2S. The number of rotatable bonds is 4. The second kappa shape index (κ2) is 7.62. The van der Waals surface area contributed by atoms with Gasteiger partial charge in [-0.2, -0.15) is 4.31 Å². The SMILES string of the molecule is CNc1nc([C@H]2CCN(S(=O)(=O)c3ccc(F)c(C)c3)C2)nc2c1CCN(C)C2. The summed E-state index contributed by atoms with van der Waals surface area (Å²) in [6.07, 6.45) is 1.56. The fourth-order valence-electron chi connectivity index (χ4n) is 4.05. The highest BCUT2D eigenvalue weighted by atomic mass is 32.2. The maximum absolute atomic E-state index is 13.6. The van der Waals surface area contributed by atoms with Gasteiger partial charge in [-0.05, 0) is 50.6 Å². The molecule has 9 heteroatoms. The van der Waals surface area contributed by atoms with Gasteiger partial charge in [0.15, 0.2) is 0 Å². The highest BCUT2D eigenvalue weighted by Crippen LogP contribution is 2.32. The molecule has 0 bridgehead atoms. The van der Waals surface area contributed by atoms with Crippen molar-refractivity contribution in [2.45, 2.75) is 37.1 Å². The molecule has 0 spiro atoms. The molecule has 0 amide bonds. The van der Waals surface area contributed by atoms with Crippen LogP contribution in [0.15, 0.2) is 23.1 Å². The van der Waals surface area contributed by atoms with Gasteiger partial charge in [0.2, 0.25) is 10.0 Å². The fourth-order valence-corrected chi connectivity index (χ4v) is 5.64. The number of benzene rings is 1. The van der Waals surface area contributed by atoms with Gasteiger partial charge in [0.1, 0.15) is 17.5 Å². The van der Waals surface area contributed by atoms with Crippen molar-refractivity contribution >= 4 is 15.8 Å². The number of likely N-dealkylation sites (N-methyl/N-ethyl adjacent to an activating group) is 1. The van der Waals surface area contributed by atoms with Gasteiger partial charge in [-0.1, -0.05) is 0 Å². The Bertz CT molecular complexity index is 1040. The van der Waals surface area contributed by atoms with Gasteiger partial charge in [0.25, 0.3) is 0 Å². The lowest BCUT2D eigenvalue weighted by atomic mass is 10.0. The molecular weight excluding hydrogens is 393 g/mol. The normalized spacial score (nSPS) is 20.6. The van der Waals surface area contributed by atoms with E-state index >= 15 is 0 Å². The predicted molar refractivity (Wildman–Crippen MR) is 109 cm³/mol. The average molecular weight is 420 g/mol. The van der Waals surface area contributed by atoms with Crippen molar-refractivity contribution in [3.05, 3.63) is 46.7 Å². The van der Waals surface area contributed by atoms with Gasteiger partial charge in [0.05, 0.1) is 10.6 Å². The third kappa shape index (κ3) is 3.74. The minimum atomic E-state index is -3.67. The van der Waals surface area contributed by atoms with Gasteiger partial charge in [-0.25, -0.2) is 22.8 Å². The van der Waals surface area contributed by atoms with E-state index in [0.717, 1.165) is 36.6 Å². The van der Waals surface area contributed by atoms with Crippen LogP contribution in [0.4, 0.5) is 10.2 Å². The first-order valence-corrected chi connectivity index (χ1v) is 11.3. The summed E-state index contributed by atoms with van der Waals surface area (Å²) in [7, 11) is 0.249. The molecule has 4 rings (SSSR count). The molecule has 1 fully saturated rings. The molecule has 2 aromatic rings. The zero-order valence-electron chi connectivity index (χ0n) is 16.9. The van der Waals surface area contributed by atoms with E-state index in [-0.39, 0.29) is 10.8 Å². The smallest absolute Gasteiger partial charge is 0.243 e. The van der Waals surface area contributed by atoms with E-state index in [2.05, 4.69) is 17.3 Å². The van der Waals surface area contributed by atoms with Crippen molar-refractivity contribution in [1.82, 2.24) is 19.2 Å². The molecule has 1 N–H and O–H groups in total. The second-order valence-corrected chi connectivity index (χ2v) is 9.79. The minimum absolute atomic E-state index is 0.0593. The van der Waals surface area contributed by atoms with Gasteiger partial charge in [-0.15, -0.1) is 0 Å². The Morgan fingerprint density at radius 3 is 2.76 bits per heavy atom. The minimum Gasteiger partial charge on any atom is -0.373 e. The maximum atomic E-state index is 13.6. The van der Waals surface area contributed by atoms with Gasteiger partial charge >= 0.3 is 0 Å². The lowest BCUT2D eigenvalue weighted by Crippen LogP contribution is -2.30. The predicted octanol–water partition coefficient (Wildman–Crippen LogP) is 2.13. The van der Waals surface area contributed by atoms with E-state index in [1.165, 1.54) is 22.5 Å². The highest BCUT2D eigenvalue weighted by molar-refractivity contribution is 7.89. The van der Waals surface area contributed by atoms with Gasteiger partial charge in [-0.3, -0.25) is 0 Å². The molecule has 0 radical (unpaired) electrons. The van der Waals surface area contributed by atoms with Crippen molar-refractivity contribution in [2.24, 2.45) is 0 Å². The molecule has 0 unspecified atom stereocenters. The third-order valence-corrected chi connectivity index (χ3v) is 7.65. The Morgan fingerprint density at radius 2 is 2.03 bits per heavy atom. The van der Waals surface area contributed by atoms with E-state index in [0.29, 0.717) is 30.9 Å². The number of anilines is 1. The number of aromatic nitrogens is 2. The molecule has 1 atom stereocenters. The van der Waals surface area contributed by atoms with Crippen LogP contribution in [0.3, 0.4) is 0 Å². The van der Waals surface area contributed by atoms with Crippen molar-refractivity contribution in [3.63, 3.8) is 0 Å². The summed E-state index contributed by atoms with van der Waals surface area (Å²) in [6, 6.07) is 3.93. The Kier molecular flexibility index (Phi) is 5.30. The number of hydrogen-bond donors (Lipinski definition) is 1. The van der Waals surface area contributed by atoms with Crippen molar-refractivity contribution in [2.75, 3.05) is 39.0 Å². The monoisotopic (exact) mass is 419 g/mol. The molecule has 0 saturated carbocycles. The number of sulfonamides is 1. The van der Waals surface area contributed by atoms with E-state index < -0.39 is 15.8 Å². The first kappa shape index (κ1) is 20.2. The van der Waals surface area contributed by atoms with Crippen LogP contribution in [0.25, 0.3) is 0 Å². The molecule has 1 saturated heterocycles. The van der Waals surface area contributed by atoms with Crippen molar-refractivity contribution < 1.29 is 12.8 Å². The average Bonchev–Trinajstić information content (AvgIpc) is 3.20. The zero-order valence-corrected chi connectivity index (χ0v) is 17.8. The highest BCUT2D eigenvalue weighted by Gasteiger charge is 2.35. The molecule has 1 aromatic carbocycles. The van der Waals surface area contributed by atoms with Gasteiger partial charge in [0, 0.05) is 44.7 Å². The largest absolute Gasteiger partial charge is 0.373 e. The van der Waals surface area contributed by atoms with Crippen LogP contribution in [0, 0.1) is 12.7 Å². The summed E-state index contributed by atoms with van der Waals surface area (Å²) >= 11 is 0. The van der Waals surface area contributed by atoms with Crippen LogP contribution >= 0.6 is 0 Å². The van der Waals surface area contributed by atoms with Gasteiger partial charge < -0.3 is 10.2 Å². The van der Waals surface area contributed by atoms with Crippen LogP contribution in [0.1, 0.15) is 35.0 Å². The van der Waals surface area contributed by atoms with Crippen LogP contribution in [-0.4, -0.2) is 61.3 Å². The summed E-state index contributed by atoms with van der Waals surface area (Å²) in [5.74, 6) is 1.07. The summed E-state index contributed by atoms with van der Waals surface area (Å²) < 4.78 is 41.0. The Labute approximate surface area is 171 Å². The second-order valence-electron chi connectivity index (χ2n) is 7.85. The summed E-state index contributed by atoms with van der Waals surface area (Å²) in [5, 5.41) is 3.18. The fraction of sp³-hybridized carbons (Fsp3) is 0.500. The molecule has 29 heavy (non-hydrogen) atoms. The summed E-state index contributed by atoms with van der Waals surface area (Å²) in [4.78, 5) is 11.9.